The molecule has 0 saturated carbocycles. The van der Waals surface area contributed by atoms with Crippen LogP contribution in [0.5, 0.6) is 11.6 Å². The summed E-state index contributed by atoms with van der Waals surface area (Å²) in [5.41, 5.74) is 0.274. The lowest BCUT2D eigenvalue weighted by Gasteiger charge is -2.07. The van der Waals surface area contributed by atoms with Crippen molar-refractivity contribution in [1.82, 2.24) is 10.2 Å². The van der Waals surface area contributed by atoms with E-state index in [-0.39, 0.29) is 16.5 Å². The van der Waals surface area contributed by atoms with E-state index >= 15 is 0 Å². The molecule has 1 heterocycles. The zero-order valence-corrected chi connectivity index (χ0v) is 9.90. The molecule has 0 aliphatic carbocycles. The van der Waals surface area contributed by atoms with Gasteiger partial charge in [0.05, 0.1) is 11.2 Å². The van der Waals surface area contributed by atoms with Crippen molar-refractivity contribution in [3.05, 3.63) is 46.1 Å². The second-order valence-corrected chi connectivity index (χ2v) is 3.80. The van der Waals surface area contributed by atoms with E-state index in [1.165, 1.54) is 12.3 Å². The van der Waals surface area contributed by atoms with Crippen LogP contribution in [0.3, 0.4) is 0 Å². The van der Waals surface area contributed by atoms with Gasteiger partial charge in [-0.15, -0.1) is 5.10 Å². The zero-order valence-electron chi connectivity index (χ0n) is 8.39. The fraction of sp³-hybridized carbons (Fsp3) is 0. The molecule has 6 heteroatoms. The Labute approximate surface area is 107 Å². The van der Waals surface area contributed by atoms with Crippen molar-refractivity contribution < 1.29 is 4.74 Å². The highest BCUT2D eigenvalue weighted by Gasteiger charge is 2.10. The molecule has 2 aromatic rings. The number of nitrogens with zero attached hydrogens (tertiary/aromatic N) is 3. The van der Waals surface area contributed by atoms with Crippen LogP contribution in [0.25, 0.3) is 0 Å². The van der Waals surface area contributed by atoms with E-state index < -0.39 is 0 Å². The predicted molar refractivity (Wildman–Crippen MR) is 63.3 cm³/mol. The lowest BCUT2D eigenvalue weighted by Crippen LogP contribution is -1.94. The predicted octanol–water partition coefficient (Wildman–Crippen LogP) is 3.45. The highest BCUT2D eigenvalue weighted by atomic mass is 35.5. The second-order valence-electron chi connectivity index (χ2n) is 3.02. The van der Waals surface area contributed by atoms with Crippen molar-refractivity contribution >= 4 is 23.2 Å². The molecule has 0 amide bonds. The van der Waals surface area contributed by atoms with E-state index in [0.717, 1.165) is 0 Å². The van der Waals surface area contributed by atoms with Crippen LogP contribution in [0.15, 0.2) is 30.5 Å². The molecule has 0 atom stereocenters. The summed E-state index contributed by atoms with van der Waals surface area (Å²) in [5, 5.41) is 16.9. The van der Waals surface area contributed by atoms with Gasteiger partial charge in [0.1, 0.15) is 22.4 Å². The van der Waals surface area contributed by atoms with Crippen LogP contribution in [0.4, 0.5) is 0 Å². The maximum Gasteiger partial charge on any atom is 0.257 e. The quantitative estimate of drug-likeness (QED) is 0.835. The number of aromatic nitrogens is 2. The summed E-state index contributed by atoms with van der Waals surface area (Å²) in [6, 6.07) is 8.40. The molecule has 4 nitrogen and oxygen atoms in total. The van der Waals surface area contributed by atoms with E-state index in [1.54, 1.807) is 18.2 Å². The molecular weight excluding hydrogens is 261 g/mol. The van der Waals surface area contributed by atoms with Crippen molar-refractivity contribution in [3.63, 3.8) is 0 Å². The number of hydrogen-bond donors (Lipinski definition) is 0. The van der Waals surface area contributed by atoms with Crippen molar-refractivity contribution in [1.29, 1.82) is 5.26 Å². The largest absolute Gasteiger partial charge is 0.435 e. The molecular formula is C11H5Cl2N3O. The van der Waals surface area contributed by atoms with Gasteiger partial charge in [-0.1, -0.05) is 29.3 Å². The van der Waals surface area contributed by atoms with Gasteiger partial charge in [-0.25, -0.2) is 0 Å². The van der Waals surface area contributed by atoms with E-state index in [0.29, 0.717) is 10.8 Å². The van der Waals surface area contributed by atoms with Crippen molar-refractivity contribution in [2.45, 2.75) is 0 Å². The molecule has 84 valence electrons. The average Bonchev–Trinajstić information content (AvgIpc) is 2.35. The Kier molecular flexibility index (Phi) is 3.43. The molecule has 0 fully saturated rings. The topological polar surface area (TPSA) is 58.8 Å². The third-order valence-corrected chi connectivity index (χ3v) is 2.73. The third kappa shape index (κ3) is 2.47. The van der Waals surface area contributed by atoms with E-state index in [1.807, 2.05) is 6.07 Å². The summed E-state index contributed by atoms with van der Waals surface area (Å²) < 4.78 is 5.40. The molecule has 0 radical (unpaired) electrons. The third-order valence-electron chi connectivity index (χ3n) is 1.93. The number of rotatable bonds is 2. The molecule has 0 unspecified atom stereocenters. The van der Waals surface area contributed by atoms with E-state index in [9.17, 15) is 0 Å². The van der Waals surface area contributed by atoms with Gasteiger partial charge < -0.3 is 4.74 Å². The Morgan fingerprint density at radius 3 is 2.82 bits per heavy atom. The van der Waals surface area contributed by atoms with Crippen molar-refractivity contribution in [2.24, 2.45) is 0 Å². The summed E-state index contributed by atoms with van der Waals surface area (Å²) >= 11 is 11.8. The summed E-state index contributed by atoms with van der Waals surface area (Å²) in [4.78, 5) is 0. The lowest BCUT2D eigenvalue weighted by molar-refractivity contribution is 0.453. The van der Waals surface area contributed by atoms with Crippen LogP contribution in [0, 0.1) is 11.3 Å². The Bertz CT molecular complexity index is 596. The molecule has 0 aliphatic heterocycles. The van der Waals surface area contributed by atoms with Crippen LogP contribution in [0.1, 0.15) is 5.56 Å². The molecule has 17 heavy (non-hydrogen) atoms. The van der Waals surface area contributed by atoms with Gasteiger partial charge in [0, 0.05) is 0 Å². The van der Waals surface area contributed by atoms with Gasteiger partial charge in [0.25, 0.3) is 5.88 Å². The second kappa shape index (κ2) is 5.00. The molecule has 0 saturated heterocycles. The maximum absolute atomic E-state index is 8.86. The Morgan fingerprint density at radius 1 is 1.24 bits per heavy atom. The molecule has 0 bridgehead atoms. The first-order valence-corrected chi connectivity index (χ1v) is 5.31. The zero-order chi connectivity index (χ0) is 12.3. The number of hydrogen-bond acceptors (Lipinski definition) is 4. The summed E-state index contributed by atoms with van der Waals surface area (Å²) in [5.74, 6) is 0.426. The molecule has 2 rings (SSSR count). The average molecular weight is 266 g/mol. The first-order chi connectivity index (χ1) is 8.22. The van der Waals surface area contributed by atoms with E-state index in [2.05, 4.69) is 10.2 Å². The highest BCUT2D eigenvalue weighted by molar-refractivity contribution is 6.42. The number of nitriles is 1. The number of benzene rings is 1. The minimum absolute atomic E-state index is 0.0965. The Balaban J connectivity index is 2.39. The normalized spacial score (nSPS) is 9.71. The first-order valence-electron chi connectivity index (χ1n) is 4.56. The van der Waals surface area contributed by atoms with Crippen molar-refractivity contribution in [3.8, 4) is 17.7 Å². The standard InChI is InChI=1S/C11H5Cl2N3O/c12-8-2-1-3-9(10(8)13)17-11-7(6-14)4-5-15-16-11/h1-5H. The highest BCUT2D eigenvalue weighted by Crippen LogP contribution is 2.34. The van der Waals surface area contributed by atoms with Crippen molar-refractivity contribution in [2.75, 3.05) is 0 Å². The van der Waals surface area contributed by atoms with Gasteiger partial charge in [-0.3, -0.25) is 0 Å². The van der Waals surface area contributed by atoms with Gasteiger partial charge in [-0.05, 0) is 18.2 Å². The summed E-state index contributed by atoms with van der Waals surface area (Å²) in [6.07, 6.45) is 1.41. The van der Waals surface area contributed by atoms with E-state index in [4.69, 9.17) is 33.2 Å². The fourth-order valence-corrected chi connectivity index (χ4v) is 1.48. The van der Waals surface area contributed by atoms with Crippen LogP contribution >= 0.6 is 23.2 Å². The summed E-state index contributed by atoms with van der Waals surface area (Å²) in [6.45, 7) is 0. The van der Waals surface area contributed by atoms with Crippen LogP contribution in [0.2, 0.25) is 10.0 Å². The Hall–Kier alpha value is -1.83. The molecule has 0 spiro atoms. The molecule has 0 aliphatic rings. The minimum Gasteiger partial charge on any atom is -0.435 e. The lowest BCUT2D eigenvalue weighted by atomic mass is 10.3. The first kappa shape index (κ1) is 11.6. The van der Waals surface area contributed by atoms with Crippen LogP contribution in [-0.4, -0.2) is 10.2 Å². The summed E-state index contributed by atoms with van der Waals surface area (Å²) in [7, 11) is 0. The number of halogens is 2. The van der Waals surface area contributed by atoms with Gasteiger partial charge >= 0.3 is 0 Å². The van der Waals surface area contributed by atoms with Crippen LogP contribution < -0.4 is 4.74 Å². The molecule has 1 aromatic heterocycles. The maximum atomic E-state index is 8.86. The fourth-order valence-electron chi connectivity index (χ4n) is 1.15. The molecule has 1 aromatic carbocycles. The van der Waals surface area contributed by atoms with Gasteiger partial charge in [0.15, 0.2) is 0 Å². The molecule has 0 N–H and O–H groups in total. The monoisotopic (exact) mass is 265 g/mol. The SMILES string of the molecule is N#Cc1ccnnc1Oc1cccc(Cl)c1Cl. The van der Waals surface area contributed by atoms with Gasteiger partial charge in [0.2, 0.25) is 0 Å². The number of ether oxygens (including phenoxy) is 1. The smallest absolute Gasteiger partial charge is 0.257 e. The minimum atomic E-state index is 0.0965. The van der Waals surface area contributed by atoms with Crippen LogP contribution in [-0.2, 0) is 0 Å². The Morgan fingerprint density at radius 2 is 2.06 bits per heavy atom. The van der Waals surface area contributed by atoms with Gasteiger partial charge in [-0.2, -0.15) is 10.4 Å².